The summed E-state index contributed by atoms with van der Waals surface area (Å²) in [6, 6.07) is 4.44. The second kappa shape index (κ2) is 7.02. The summed E-state index contributed by atoms with van der Waals surface area (Å²) in [5.74, 6) is -1.39. The number of aliphatic hydroxyl groups excluding tert-OH is 2. The first-order chi connectivity index (χ1) is 9.42. The minimum absolute atomic E-state index is 0.114. The van der Waals surface area contributed by atoms with Crippen molar-refractivity contribution in [1.82, 2.24) is 0 Å². The minimum Gasteiger partial charge on any atom is -0.465 e. The van der Waals surface area contributed by atoms with Crippen molar-refractivity contribution in [1.29, 1.82) is 0 Å². The third kappa shape index (κ3) is 3.55. The molecule has 20 heavy (non-hydrogen) atoms. The summed E-state index contributed by atoms with van der Waals surface area (Å²) in [6.45, 7) is 3.37. The zero-order valence-electron chi connectivity index (χ0n) is 11.6. The highest BCUT2D eigenvalue weighted by molar-refractivity contribution is 5.89. The molecule has 110 valence electrons. The van der Waals surface area contributed by atoms with Gasteiger partial charge in [-0.05, 0) is 37.1 Å². The molecule has 0 fully saturated rings. The van der Waals surface area contributed by atoms with Gasteiger partial charge in [-0.15, -0.1) is 0 Å². The molecule has 1 aromatic rings. The Kier molecular flexibility index (Phi) is 5.66. The molecule has 0 aromatic heterocycles. The second-order valence-electron chi connectivity index (χ2n) is 4.20. The van der Waals surface area contributed by atoms with Crippen molar-refractivity contribution in [3.05, 3.63) is 34.9 Å². The molecule has 1 rings (SSSR count). The van der Waals surface area contributed by atoms with E-state index >= 15 is 0 Å². The third-order valence-electron chi connectivity index (χ3n) is 2.84. The number of hydrogen-bond donors (Lipinski definition) is 2. The van der Waals surface area contributed by atoms with Gasteiger partial charge in [0.15, 0.2) is 6.10 Å². The molecule has 0 heterocycles. The number of aliphatic hydroxyl groups is 2. The topological polar surface area (TPSA) is 93.1 Å². The fraction of sp³-hybridized carbons (Fsp3) is 0.429. The lowest BCUT2D eigenvalue weighted by atomic mass is 9.97. The average Bonchev–Trinajstić information content (AvgIpc) is 2.45. The third-order valence-corrected chi connectivity index (χ3v) is 2.84. The molecule has 1 aromatic carbocycles. The lowest BCUT2D eigenvalue weighted by Gasteiger charge is -2.18. The van der Waals surface area contributed by atoms with Gasteiger partial charge in [0.05, 0.1) is 19.3 Å². The van der Waals surface area contributed by atoms with E-state index < -0.39 is 24.1 Å². The van der Waals surface area contributed by atoms with Crippen LogP contribution in [-0.4, -0.2) is 42.0 Å². The van der Waals surface area contributed by atoms with E-state index in [0.29, 0.717) is 16.7 Å². The average molecular weight is 282 g/mol. The molecule has 0 amide bonds. The van der Waals surface area contributed by atoms with Gasteiger partial charge in [0.1, 0.15) is 6.10 Å². The maximum absolute atomic E-state index is 11.4. The number of aryl methyl sites for hydroxylation is 1. The molecule has 0 aliphatic rings. The SMILES string of the molecule is CCOC(=O)C(O)C(O)c1ccc(C(=O)OC)cc1C. The van der Waals surface area contributed by atoms with E-state index in [9.17, 15) is 19.8 Å². The Balaban J connectivity index is 2.96. The van der Waals surface area contributed by atoms with Crippen molar-refractivity contribution >= 4 is 11.9 Å². The Hall–Kier alpha value is -1.92. The number of carbonyl (C=O) groups is 2. The highest BCUT2D eigenvalue weighted by Gasteiger charge is 2.28. The van der Waals surface area contributed by atoms with Crippen LogP contribution in [0.1, 0.15) is 34.5 Å². The summed E-state index contributed by atoms with van der Waals surface area (Å²) >= 11 is 0. The normalized spacial score (nSPS) is 13.4. The Labute approximate surface area is 116 Å². The predicted molar refractivity (Wildman–Crippen MR) is 70.1 cm³/mol. The molecule has 2 atom stereocenters. The summed E-state index contributed by atoms with van der Waals surface area (Å²) in [7, 11) is 1.27. The zero-order valence-corrected chi connectivity index (χ0v) is 11.6. The number of rotatable bonds is 5. The van der Waals surface area contributed by atoms with Gasteiger partial charge in [0.25, 0.3) is 0 Å². The minimum atomic E-state index is -1.67. The molecular formula is C14H18O6. The molecule has 0 saturated heterocycles. The van der Waals surface area contributed by atoms with Gasteiger partial charge in [0, 0.05) is 0 Å². The van der Waals surface area contributed by atoms with Crippen LogP contribution >= 0.6 is 0 Å². The fourth-order valence-electron chi connectivity index (χ4n) is 1.78. The van der Waals surface area contributed by atoms with E-state index in [-0.39, 0.29) is 6.61 Å². The van der Waals surface area contributed by atoms with Crippen LogP contribution in [0, 0.1) is 6.92 Å². The highest BCUT2D eigenvalue weighted by Crippen LogP contribution is 2.23. The van der Waals surface area contributed by atoms with Gasteiger partial charge in [-0.25, -0.2) is 9.59 Å². The molecule has 0 spiro atoms. The van der Waals surface area contributed by atoms with Crippen molar-refractivity contribution in [2.24, 2.45) is 0 Å². The maximum Gasteiger partial charge on any atom is 0.338 e. The van der Waals surface area contributed by atoms with E-state index in [1.165, 1.54) is 25.3 Å². The molecule has 0 aliphatic carbocycles. The van der Waals surface area contributed by atoms with Gasteiger partial charge < -0.3 is 19.7 Å². The molecule has 6 heteroatoms. The second-order valence-corrected chi connectivity index (χ2v) is 4.20. The van der Waals surface area contributed by atoms with Crippen LogP contribution in [0.4, 0.5) is 0 Å². The van der Waals surface area contributed by atoms with Gasteiger partial charge in [-0.2, -0.15) is 0 Å². The molecule has 6 nitrogen and oxygen atoms in total. The summed E-state index contributed by atoms with van der Waals surface area (Å²) in [5.41, 5.74) is 1.23. The van der Waals surface area contributed by atoms with Crippen molar-refractivity contribution in [3.8, 4) is 0 Å². The lowest BCUT2D eigenvalue weighted by Crippen LogP contribution is -2.30. The number of carbonyl (C=O) groups excluding carboxylic acids is 2. The number of hydrogen-bond acceptors (Lipinski definition) is 6. The number of benzene rings is 1. The lowest BCUT2D eigenvalue weighted by molar-refractivity contribution is -0.159. The molecule has 0 aliphatic heterocycles. The van der Waals surface area contributed by atoms with Crippen LogP contribution in [0.15, 0.2) is 18.2 Å². The van der Waals surface area contributed by atoms with Crippen molar-refractivity contribution in [2.45, 2.75) is 26.1 Å². The predicted octanol–water partition coefficient (Wildman–Crippen LogP) is 0.739. The van der Waals surface area contributed by atoms with Crippen molar-refractivity contribution in [3.63, 3.8) is 0 Å². The molecule has 0 saturated carbocycles. The summed E-state index contributed by atoms with van der Waals surface area (Å²) < 4.78 is 9.23. The van der Waals surface area contributed by atoms with E-state index in [4.69, 9.17) is 0 Å². The Bertz CT molecular complexity index is 496. The fourth-order valence-corrected chi connectivity index (χ4v) is 1.78. The van der Waals surface area contributed by atoms with Crippen LogP contribution in [0.2, 0.25) is 0 Å². The largest absolute Gasteiger partial charge is 0.465 e. The van der Waals surface area contributed by atoms with Crippen LogP contribution in [0.25, 0.3) is 0 Å². The van der Waals surface area contributed by atoms with Crippen LogP contribution in [0.5, 0.6) is 0 Å². The smallest absolute Gasteiger partial charge is 0.338 e. The monoisotopic (exact) mass is 282 g/mol. The zero-order chi connectivity index (χ0) is 15.3. The molecular weight excluding hydrogens is 264 g/mol. The first-order valence-electron chi connectivity index (χ1n) is 6.14. The molecule has 2 unspecified atom stereocenters. The van der Waals surface area contributed by atoms with E-state index in [0.717, 1.165) is 0 Å². The highest BCUT2D eigenvalue weighted by atomic mass is 16.5. The van der Waals surface area contributed by atoms with Gasteiger partial charge in [-0.3, -0.25) is 0 Å². The van der Waals surface area contributed by atoms with Gasteiger partial charge >= 0.3 is 11.9 Å². The van der Waals surface area contributed by atoms with E-state index in [1.54, 1.807) is 13.8 Å². The van der Waals surface area contributed by atoms with E-state index in [1.807, 2.05) is 0 Å². The first-order valence-corrected chi connectivity index (χ1v) is 6.14. The van der Waals surface area contributed by atoms with Crippen LogP contribution in [-0.2, 0) is 14.3 Å². The maximum atomic E-state index is 11.4. The van der Waals surface area contributed by atoms with Gasteiger partial charge in [-0.1, -0.05) is 6.07 Å². The van der Waals surface area contributed by atoms with Crippen molar-refractivity contribution in [2.75, 3.05) is 13.7 Å². The first kappa shape index (κ1) is 16.1. The summed E-state index contributed by atoms with van der Waals surface area (Å²) in [6.07, 6.45) is -3.08. The number of ether oxygens (including phenoxy) is 2. The molecule has 0 radical (unpaired) electrons. The summed E-state index contributed by atoms with van der Waals surface area (Å²) in [4.78, 5) is 22.8. The molecule has 0 bridgehead atoms. The van der Waals surface area contributed by atoms with Crippen molar-refractivity contribution < 1.29 is 29.3 Å². The number of methoxy groups -OCH3 is 1. The summed E-state index contributed by atoms with van der Waals surface area (Å²) in [5, 5.41) is 19.7. The quantitative estimate of drug-likeness (QED) is 0.774. The Morgan fingerprint density at radius 2 is 1.95 bits per heavy atom. The Morgan fingerprint density at radius 3 is 2.45 bits per heavy atom. The number of esters is 2. The molecule has 2 N–H and O–H groups in total. The Morgan fingerprint density at radius 1 is 1.30 bits per heavy atom. The van der Waals surface area contributed by atoms with Crippen LogP contribution < -0.4 is 0 Å². The van der Waals surface area contributed by atoms with Crippen LogP contribution in [0.3, 0.4) is 0 Å². The van der Waals surface area contributed by atoms with Gasteiger partial charge in [0.2, 0.25) is 0 Å². The van der Waals surface area contributed by atoms with E-state index in [2.05, 4.69) is 9.47 Å². The standard InChI is InChI=1S/C14H18O6/c1-4-20-14(18)12(16)11(15)10-6-5-9(7-8(10)2)13(17)19-3/h5-7,11-12,15-16H,4H2,1-3H3.